The van der Waals surface area contributed by atoms with Gasteiger partial charge in [-0.15, -0.1) is 0 Å². The first kappa shape index (κ1) is 87.5. The molecule has 4 saturated heterocycles. The predicted molar refractivity (Wildman–Crippen MR) is 403 cm³/mol. The summed E-state index contributed by atoms with van der Waals surface area (Å²) in [6.07, 6.45) is 1.29. The van der Waals surface area contributed by atoms with E-state index in [9.17, 15) is 80.9 Å². The van der Waals surface area contributed by atoms with Crippen molar-refractivity contribution in [2.45, 2.75) is 76.6 Å². The second kappa shape index (κ2) is 39.6. The fourth-order valence-electron chi connectivity index (χ4n) is 12.7. The van der Waals surface area contributed by atoms with Gasteiger partial charge in [0.2, 0.25) is 0 Å². The number of alkyl halides is 2. The summed E-state index contributed by atoms with van der Waals surface area (Å²) in [5.74, 6) is -15.6. The zero-order valence-electron chi connectivity index (χ0n) is 60.8. The number of ketones is 8. The molecule has 4 heterocycles. The van der Waals surface area contributed by atoms with E-state index >= 15 is 13.2 Å². The molecule has 0 spiro atoms. The molecular weight excluding hydrogens is 1580 g/mol. The number of esters is 2. The van der Waals surface area contributed by atoms with Crippen molar-refractivity contribution < 1.29 is 123 Å². The van der Waals surface area contributed by atoms with Gasteiger partial charge < -0.3 is 38.6 Å². The van der Waals surface area contributed by atoms with Crippen LogP contribution in [0.15, 0.2) is 146 Å². The third-order valence-electron chi connectivity index (χ3n) is 18.8. The summed E-state index contributed by atoms with van der Waals surface area (Å²) in [5.41, 5.74) is -9.07. The number of benzene rings is 8. The number of hydrogen-bond donors (Lipinski definition) is 2. The first-order valence-electron chi connectivity index (χ1n) is 35.5. The molecule has 12 rings (SSSR count). The van der Waals surface area contributed by atoms with Crippen LogP contribution in [0.25, 0.3) is 0 Å². The molecule has 0 amide bonds. The Kier molecular flexibility index (Phi) is 30.4. The molecule has 0 unspecified atom stereocenters. The summed E-state index contributed by atoms with van der Waals surface area (Å²) >= 11 is 23.2. The minimum Gasteiger partial charge on any atom is -0.478 e. The van der Waals surface area contributed by atoms with Crippen molar-refractivity contribution >= 4 is 117 Å². The summed E-state index contributed by atoms with van der Waals surface area (Å²) in [4.78, 5) is 150. The van der Waals surface area contributed by atoms with Crippen LogP contribution in [0.5, 0.6) is 0 Å². The van der Waals surface area contributed by atoms with Crippen molar-refractivity contribution in [3.63, 3.8) is 0 Å². The van der Waals surface area contributed by atoms with Crippen LogP contribution in [0, 0.1) is 35.1 Å². The largest absolute Gasteiger partial charge is 0.478 e. The van der Waals surface area contributed by atoms with Gasteiger partial charge in [0.1, 0.15) is 23.3 Å². The molecule has 0 radical (unpaired) electrons. The van der Waals surface area contributed by atoms with Crippen molar-refractivity contribution in [1.82, 2.24) is 0 Å². The molecule has 0 aliphatic carbocycles. The molecule has 30 heteroatoms. The first-order valence-corrected chi connectivity index (χ1v) is 37.0. The molecule has 8 aromatic rings. The summed E-state index contributed by atoms with van der Waals surface area (Å²) in [6.45, 7) is 5.11. The van der Waals surface area contributed by atoms with Gasteiger partial charge in [-0.3, -0.25) is 38.4 Å². The Balaban J connectivity index is 0.000000174. The standard InChI is InChI=1S/C22H19ClF2O5.C22H20ClFO5.C20H15ClF2O5.C20H16ClFO5/c1-2-30-21(28)16-11-14(20(27)22(25)7-9-29-10-8-22)12-17(24)18(16)19(26)13-3-5-15(23)6-4-13;1-2-29-22(27)17-11-15(20(25)14-7-9-28-10-8-14)12-18(24)19(17)21(26)13-3-5-16(23)6-4-13;21-13-3-1-11(2-4-13)17(24)16-14(19(26)27)9-12(10-15(16)22)18(25)20(23)5-7-28-8-6-20;21-14-3-1-11(2-4-14)19(24)17-15(20(25)26)9-13(10-16(17)22)18(23)12-5-7-27-8-6-12/h3-6,11-12H,2,7-10H2,1H3;3-6,11-12,14H,2,7-10H2,1H3;1-4,9-10H,5-8H2,(H,26,27);1-4,9-10,12H,5-8H2,(H,25,26). The molecule has 8 aromatic carbocycles. The van der Waals surface area contributed by atoms with Gasteiger partial charge >= 0.3 is 23.9 Å². The van der Waals surface area contributed by atoms with Crippen LogP contribution in [-0.4, -0.2) is 158 Å². The third kappa shape index (κ3) is 21.3. The van der Waals surface area contributed by atoms with E-state index in [4.69, 9.17) is 74.8 Å². The minimum atomic E-state index is -2.26. The van der Waals surface area contributed by atoms with Crippen molar-refractivity contribution in [2.75, 3.05) is 66.1 Å². The molecule has 0 bridgehead atoms. The van der Waals surface area contributed by atoms with Crippen LogP contribution in [0.3, 0.4) is 0 Å². The van der Waals surface area contributed by atoms with Gasteiger partial charge in [-0.25, -0.2) is 45.5 Å². The van der Waals surface area contributed by atoms with Crippen LogP contribution in [0.4, 0.5) is 26.3 Å². The Morgan fingerprint density at radius 2 is 0.579 bits per heavy atom. The fraction of sp³-hybridized carbons (Fsp3) is 0.286. The first-order chi connectivity index (χ1) is 54.3. The van der Waals surface area contributed by atoms with Gasteiger partial charge in [-0.1, -0.05) is 46.4 Å². The van der Waals surface area contributed by atoms with Gasteiger partial charge in [0.05, 0.1) is 84.1 Å². The fourth-order valence-corrected chi connectivity index (χ4v) is 13.2. The van der Waals surface area contributed by atoms with E-state index in [-0.39, 0.29) is 133 Å². The van der Waals surface area contributed by atoms with E-state index < -0.39 is 138 Å². The smallest absolute Gasteiger partial charge is 0.339 e. The van der Waals surface area contributed by atoms with Crippen molar-refractivity contribution in [2.24, 2.45) is 11.8 Å². The van der Waals surface area contributed by atoms with Crippen LogP contribution >= 0.6 is 46.4 Å². The molecule has 2 N–H and O–H groups in total. The monoisotopic (exact) mass is 1650 g/mol. The quantitative estimate of drug-likeness (QED) is 0.0362. The second-order valence-electron chi connectivity index (χ2n) is 26.2. The molecular formula is C84H70Cl4F6O20. The molecule has 4 fully saturated rings. The summed E-state index contributed by atoms with van der Waals surface area (Å²) in [6, 6.07) is 30.3. The summed E-state index contributed by atoms with van der Waals surface area (Å²) < 4.78 is 120. The zero-order valence-corrected chi connectivity index (χ0v) is 63.8. The number of Topliss-reactive ketones (excluding diaryl/α,β-unsaturated/α-hetero) is 4. The third-order valence-corrected chi connectivity index (χ3v) is 19.8. The van der Waals surface area contributed by atoms with E-state index in [2.05, 4.69) is 0 Å². The molecule has 0 atom stereocenters. The highest BCUT2D eigenvalue weighted by Gasteiger charge is 2.44. The van der Waals surface area contributed by atoms with Crippen LogP contribution < -0.4 is 0 Å². The number of aromatic carboxylic acids is 2. The number of carboxylic acids is 2. The van der Waals surface area contributed by atoms with Gasteiger partial charge in [0, 0.05) is 129 Å². The Labute approximate surface area is 667 Å². The molecule has 20 nitrogen and oxygen atoms in total. The zero-order chi connectivity index (χ0) is 82.9. The lowest BCUT2D eigenvalue weighted by molar-refractivity contribution is -0.000438. The van der Waals surface area contributed by atoms with Crippen LogP contribution in [0.2, 0.25) is 20.1 Å². The number of hydrogen-bond acceptors (Lipinski definition) is 18. The van der Waals surface area contributed by atoms with Gasteiger partial charge in [0.15, 0.2) is 57.6 Å². The molecule has 0 aromatic heterocycles. The lowest BCUT2D eigenvalue weighted by Crippen LogP contribution is -2.40. The van der Waals surface area contributed by atoms with Crippen molar-refractivity contribution in [1.29, 1.82) is 0 Å². The van der Waals surface area contributed by atoms with E-state index in [1.165, 1.54) is 103 Å². The van der Waals surface area contributed by atoms with Crippen molar-refractivity contribution in [3.05, 3.63) is 278 Å². The van der Waals surface area contributed by atoms with Gasteiger partial charge in [-0.2, -0.15) is 0 Å². The highest BCUT2D eigenvalue weighted by molar-refractivity contribution is 6.32. The van der Waals surface area contributed by atoms with E-state index in [0.717, 1.165) is 36.4 Å². The number of rotatable bonds is 22. The molecule has 114 heavy (non-hydrogen) atoms. The Hall–Kier alpha value is -10.4. The van der Waals surface area contributed by atoms with E-state index in [1.54, 1.807) is 13.8 Å². The van der Waals surface area contributed by atoms with Crippen LogP contribution in [-0.2, 0) is 28.4 Å². The average Bonchev–Trinajstić information content (AvgIpc) is 1.51. The van der Waals surface area contributed by atoms with Gasteiger partial charge in [-0.05, 0) is 185 Å². The highest BCUT2D eigenvalue weighted by Crippen LogP contribution is 2.36. The maximum Gasteiger partial charge on any atom is 0.339 e. The SMILES string of the molecule is CCOC(=O)c1cc(C(=O)C2(F)CCOCC2)cc(F)c1C(=O)c1ccc(Cl)cc1.CCOC(=O)c1cc(C(=O)C2CCOCC2)cc(F)c1C(=O)c1ccc(Cl)cc1.O=C(O)c1cc(C(=O)C2(F)CCOCC2)cc(F)c1C(=O)c1ccc(Cl)cc1.O=C(O)c1cc(C(=O)C2CCOCC2)cc(F)c1C(=O)c1ccc(Cl)cc1. The lowest BCUT2D eigenvalue weighted by Gasteiger charge is -2.28. The molecule has 4 aliphatic rings. The minimum absolute atomic E-state index is 0.0243. The maximum absolute atomic E-state index is 15.1. The Morgan fingerprint density at radius 1 is 0.351 bits per heavy atom. The average molecular weight is 1660 g/mol. The van der Waals surface area contributed by atoms with E-state index in [0.29, 0.717) is 78.3 Å². The summed E-state index contributed by atoms with van der Waals surface area (Å²) in [7, 11) is 0. The topological polar surface area (TPSA) is 301 Å². The highest BCUT2D eigenvalue weighted by atomic mass is 35.5. The number of carboxylic acid groups (broad SMARTS) is 2. The number of ether oxygens (including phenoxy) is 6. The Morgan fingerprint density at radius 3 is 0.842 bits per heavy atom. The molecule has 596 valence electrons. The number of carbonyl (C=O) groups excluding carboxylic acids is 10. The predicted octanol–water partition coefficient (Wildman–Crippen LogP) is 17.2. The maximum atomic E-state index is 15.1. The molecule has 4 aliphatic heterocycles. The second-order valence-corrected chi connectivity index (χ2v) is 28.0. The van der Waals surface area contributed by atoms with Gasteiger partial charge in [0.25, 0.3) is 0 Å². The molecule has 0 saturated carbocycles. The number of carbonyl (C=O) groups is 12. The van der Waals surface area contributed by atoms with Crippen molar-refractivity contribution in [3.8, 4) is 0 Å². The normalized spacial score (nSPS) is 15.1. The Bertz CT molecular complexity index is 5010. The lowest BCUT2D eigenvalue weighted by atomic mass is 9.86. The van der Waals surface area contributed by atoms with E-state index in [1.807, 2.05) is 0 Å². The van der Waals surface area contributed by atoms with Crippen LogP contribution in [0.1, 0.15) is 212 Å². The summed E-state index contributed by atoms with van der Waals surface area (Å²) in [5, 5.41) is 20.5. The number of halogens is 10.